The number of fused-ring (bicyclic) bond motifs is 12. The number of rotatable bonds is 0. The Morgan fingerprint density at radius 1 is 0.229 bits per heavy atom. The van der Waals surface area contributed by atoms with E-state index in [2.05, 4.69) is 153 Å². The maximum atomic E-state index is 2.45. The van der Waals surface area contributed by atoms with E-state index in [9.17, 15) is 0 Å². The molecule has 0 atom stereocenters. The first-order valence-electron chi connectivity index (χ1n) is 17.7. The van der Waals surface area contributed by atoms with Gasteiger partial charge in [-0.1, -0.05) is 153 Å². The van der Waals surface area contributed by atoms with Crippen molar-refractivity contribution < 1.29 is 0 Å². The van der Waals surface area contributed by atoms with Crippen molar-refractivity contribution in [1.29, 1.82) is 0 Å². The SMILES string of the molecule is CC(C)(C)c1ccc2c3c1cccc3c1c3c4cccc5c(C(C)(C)C)ccc(c54)c3c3c4ccc(C(C)(C)C)c5cccc(c54)c3c21. The van der Waals surface area contributed by atoms with Gasteiger partial charge in [0, 0.05) is 0 Å². The van der Waals surface area contributed by atoms with Gasteiger partial charge in [0.2, 0.25) is 0 Å². The lowest BCUT2D eigenvalue weighted by Gasteiger charge is -2.21. The summed E-state index contributed by atoms with van der Waals surface area (Å²) in [6.07, 6.45) is 0. The Balaban J connectivity index is 1.60. The molecule has 0 amide bonds. The van der Waals surface area contributed by atoms with Crippen molar-refractivity contribution in [3.63, 3.8) is 0 Å². The van der Waals surface area contributed by atoms with Crippen LogP contribution in [0.4, 0.5) is 0 Å². The van der Waals surface area contributed by atoms with Crippen LogP contribution in [-0.4, -0.2) is 0 Å². The Morgan fingerprint density at radius 3 is 0.667 bits per heavy atom. The van der Waals surface area contributed by atoms with Crippen LogP contribution >= 0.6 is 0 Å². The molecule has 0 heterocycles. The fourth-order valence-electron chi connectivity index (χ4n) is 9.80. The van der Waals surface area contributed by atoms with Gasteiger partial charge in [0.1, 0.15) is 0 Å². The second-order valence-corrected chi connectivity index (χ2v) is 17.7. The molecule has 0 aliphatic rings. The van der Waals surface area contributed by atoms with Gasteiger partial charge in [-0.3, -0.25) is 0 Å². The molecule has 0 unspecified atom stereocenters. The maximum Gasteiger partial charge on any atom is -0.000695 e. The lowest BCUT2D eigenvalue weighted by molar-refractivity contribution is 0.596. The van der Waals surface area contributed by atoms with E-state index in [4.69, 9.17) is 0 Å². The minimum Gasteiger partial charge on any atom is -0.0610 e. The van der Waals surface area contributed by atoms with E-state index in [0.717, 1.165) is 0 Å². The van der Waals surface area contributed by atoms with Gasteiger partial charge in [0.25, 0.3) is 0 Å². The predicted octanol–water partition coefficient (Wildman–Crippen LogP) is 14.3. The van der Waals surface area contributed by atoms with Gasteiger partial charge in [0.15, 0.2) is 0 Å². The van der Waals surface area contributed by atoms with Crippen LogP contribution < -0.4 is 0 Å². The molecule has 0 saturated carbocycles. The molecule has 0 radical (unpaired) electrons. The number of benzene rings is 7. The van der Waals surface area contributed by atoms with Gasteiger partial charge in [-0.2, -0.15) is 0 Å². The highest BCUT2D eigenvalue weighted by molar-refractivity contribution is 6.55. The Kier molecular flexibility index (Phi) is 5.12. The largest absolute Gasteiger partial charge is 0.0610 e. The zero-order chi connectivity index (χ0) is 33.2. The van der Waals surface area contributed by atoms with Gasteiger partial charge in [0.05, 0.1) is 0 Å². The molecule has 0 N–H and O–H groups in total. The molecule has 0 heteroatoms. The van der Waals surface area contributed by atoms with E-state index in [1.807, 2.05) is 0 Å². The summed E-state index contributed by atoms with van der Waals surface area (Å²) in [6.45, 7) is 21.2. The summed E-state index contributed by atoms with van der Waals surface area (Å²) >= 11 is 0. The van der Waals surface area contributed by atoms with Gasteiger partial charge in [-0.05, 0) is 130 Å². The van der Waals surface area contributed by atoms with Gasteiger partial charge >= 0.3 is 0 Å². The molecule has 0 fully saturated rings. The van der Waals surface area contributed by atoms with Crippen LogP contribution in [0.25, 0.3) is 97.0 Å². The average Bonchev–Trinajstić information content (AvgIpc) is 3.65. The Hall–Kier alpha value is -4.68. The molecule has 0 aromatic heterocycles. The third-order valence-corrected chi connectivity index (χ3v) is 11.7. The standard InChI is InChI=1S/C48H42/c1-46(2,3)34-22-19-31-37-25(34)13-10-16-28(37)40-41-29-17-11-14-26-35(47(4,5)6)23-20-32(38(26)29)44(41)45-33-21-24-36(48(7,8)9)27-15-12-18-30(39(27)33)42(45)43(31)40/h10-24H,1-9H3. The Bertz CT molecular complexity index is 2540. The third-order valence-electron chi connectivity index (χ3n) is 11.7. The zero-order valence-electron chi connectivity index (χ0n) is 29.7. The highest BCUT2D eigenvalue weighted by Gasteiger charge is 2.30. The second kappa shape index (κ2) is 8.66. The summed E-state index contributed by atoms with van der Waals surface area (Å²) in [4.78, 5) is 0. The summed E-state index contributed by atoms with van der Waals surface area (Å²) in [6, 6.07) is 35.8. The molecule has 10 rings (SSSR count). The molecule has 234 valence electrons. The number of hydrogen-bond donors (Lipinski definition) is 0. The molecule has 10 aromatic carbocycles. The van der Waals surface area contributed by atoms with E-state index in [1.165, 1.54) is 114 Å². The first-order valence-corrected chi connectivity index (χ1v) is 17.7. The highest BCUT2D eigenvalue weighted by Crippen LogP contribution is 2.56. The van der Waals surface area contributed by atoms with Crippen molar-refractivity contribution >= 4 is 97.0 Å². The molecule has 0 aliphatic heterocycles. The summed E-state index contributed by atoms with van der Waals surface area (Å²) in [5, 5.41) is 25.4. The minimum atomic E-state index is 0.0478. The molecule has 0 saturated heterocycles. The van der Waals surface area contributed by atoms with Crippen molar-refractivity contribution in [1.82, 2.24) is 0 Å². The smallest absolute Gasteiger partial charge is 0.000695 e. The van der Waals surface area contributed by atoms with Crippen LogP contribution in [0.1, 0.15) is 79.0 Å². The van der Waals surface area contributed by atoms with E-state index in [-0.39, 0.29) is 16.2 Å². The monoisotopic (exact) mass is 618 g/mol. The van der Waals surface area contributed by atoms with Crippen LogP contribution in [0.3, 0.4) is 0 Å². The van der Waals surface area contributed by atoms with Crippen molar-refractivity contribution in [2.45, 2.75) is 78.6 Å². The first-order chi connectivity index (χ1) is 22.8. The second-order valence-electron chi connectivity index (χ2n) is 17.7. The molecule has 0 nitrogen and oxygen atoms in total. The molecular formula is C48H42. The third kappa shape index (κ3) is 3.32. The first kappa shape index (κ1) is 28.3. The lowest BCUT2D eigenvalue weighted by Crippen LogP contribution is -2.11. The zero-order valence-corrected chi connectivity index (χ0v) is 29.7. The molecule has 10 aromatic rings. The fourth-order valence-corrected chi connectivity index (χ4v) is 9.80. The predicted molar refractivity (Wildman–Crippen MR) is 214 cm³/mol. The van der Waals surface area contributed by atoms with Crippen LogP contribution in [0, 0.1) is 0 Å². The van der Waals surface area contributed by atoms with Crippen molar-refractivity contribution in [2.75, 3.05) is 0 Å². The van der Waals surface area contributed by atoms with Gasteiger partial charge in [-0.15, -0.1) is 0 Å². The van der Waals surface area contributed by atoms with Crippen LogP contribution in [0.2, 0.25) is 0 Å². The normalized spacial score (nSPS) is 13.9. The highest BCUT2D eigenvalue weighted by atomic mass is 14.3. The minimum absolute atomic E-state index is 0.0478. The van der Waals surface area contributed by atoms with Crippen molar-refractivity contribution in [3.8, 4) is 0 Å². The Morgan fingerprint density at radius 2 is 0.438 bits per heavy atom. The van der Waals surface area contributed by atoms with Crippen LogP contribution in [0.15, 0.2) is 91.0 Å². The molecule has 0 aliphatic carbocycles. The van der Waals surface area contributed by atoms with Gasteiger partial charge in [-0.25, -0.2) is 0 Å². The van der Waals surface area contributed by atoms with Crippen molar-refractivity contribution in [2.24, 2.45) is 0 Å². The van der Waals surface area contributed by atoms with E-state index < -0.39 is 0 Å². The lowest BCUT2D eigenvalue weighted by atomic mass is 9.83. The summed E-state index contributed by atoms with van der Waals surface area (Å²) in [7, 11) is 0. The molecular weight excluding hydrogens is 577 g/mol. The molecule has 48 heavy (non-hydrogen) atoms. The summed E-state index contributed by atoms with van der Waals surface area (Å²) in [5.41, 5.74) is 4.41. The quantitative estimate of drug-likeness (QED) is 0.159. The fraction of sp³-hybridized carbons (Fsp3) is 0.250. The van der Waals surface area contributed by atoms with E-state index in [0.29, 0.717) is 0 Å². The van der Waals surface area contributed by atoms with Crippen LogP contribution in [0.5, 0.6) is 0 Å². The molecule has 0 bridgehead atoms. The Labute approximate surface area is 282 Å². The van der Waals surface area contributed by atoms with Gasteiger partial charge < -0.3 is 0 Å². The van der Waals surface area contributed by atoms with Crippen molar-refractivity contribution in [3.05, 3.63) is 108 Å². The molecule has 0 spiro atoms. The summed E-state index contributed by atoms with van der Waals surface area (Å²) < 4.78 is 0. The summed E-state index contributed by atoms with van der Waals surface area (Å²) in [5.74, 6) is 0. The topological polar surface area (TPSA) is 0 Å². The number of hydrogen-bond acceptors (Lipinski definition) is 0. The average molecular weight is 619 g/mol. The van der Waals surface area contributed by atoms with E-state index in [1.54, 1.807) is 0 Å². The van der Waals surface area contributed by atoms with E-state index >= 15 is 0 Å². The maximum absolute atomic E-state index is 2.45. The van der Waals surface area contributed by atoms with Crippen LogP contribution in [-0.2, 0) is 16.2 Å².